The van der Waals surface area contributed by atoms with Crippen LogP contribution in [0, 0.1) is 5.92 Å². The van der Waals surface area contributed by atoms with Gasteiger partial charge in [-0.1, -0.05) is 6.92 Å². The minimum absolute atomic E-state index is 0.126. The van der Waals surface area contributed by atoms with Crippen LogP contribution in [0.25, 0.3) is 0 Å². The Morgan fingerprint density at radius 3 is 2.82 bits per heavy atom. The molecule has 1 aliphatic rings. The highest BCUT2D eigenvalue weighted by Crippen LogP contribution is 2.14. The van der Waals surface area contributed by atoms with E-state index in [9.17, 15) is 4.79 Å². The summed E-state index contributed by atoms with van der Waals surface area (Å²) in [6, 6.07) is 0.851. The number of rotatable bonds is 5. The summed E-state index contributed by atoms with van der Waals surface area (Å²) in [5.41, 5.74) is 0. The third-order valence-electron chi connectivity index (χ3n) is 3.72. The molecule has 2 atom stereocenters. The normalized spacial score (nSPS) is 25.3. The van der Waals surface area contributed by atoms with Crippen LogP contribution in [-0.2, 0) is 4.79 Å². The molecule has 1 fully saturated rings. The number of amides is 1. The van der Waals surface area contributed by atoms with Crippen molar-refractivity contribution < 1.29 is 4.79 Å². The van der Waals surface area contributed by atoms with Crippen LogP contribution >= 0.6 is 0 Å². The maximum Gasteiger partial charge on any atom is 0.234 e. The smallest absolute Gasteiger partial charge is 0.234 e. The fourth-order valence-electron chi connectivity index (χ4n) is 2.08. The first-order valence-electron chi connectivity index (χ1n) is 6.71. The summed E-state index contributed by atoms with van der Waals surface area (Å²) in [5, 5.41) is 6.50. The predicted octanol–water partition coefficient (Wildman–Crippen LogP) is 0.831. The van der Waals surface area contributed by atoms with Gasteiger partial charge in [0.1, 0.15) is 0 Å². The van der Waals surface area contributed by atoms with E-state index in [2.05, 4.69) is 31.4 Å². The Morgan fingerprint density at radius 1 is 1.53 bits per heavy atom. The van der Waals surface area contributed by atoms with Crippen molar-refractivity contribution in [2.45, 2.75) is 45.7 Å². The zero-order chi connectivity index (χ0) is 12.8. The molecule has 0 aromatic rings. The second-order valence-corrected chi connectivity index (χ2v) is 5.49. The van der Waals surface area contributed by atoms with Gasteiger partial charge in [0.25, 0.3) is 0 Å². The largest absolute Gasteiger partial charge is 0.353 e. The highest BCUT2D eigenvalue weighted by atomic mass is 16.2. The molecule has 2 N–H and O–H groups in total. The summed E-state index contributed by atoms with van der Waals surface area (Å²) in [5.74, 6) is 0.785. The maximum absolute atomic E-state index is 11.7. The number of carbonyl (C=O) groups excluding carboxylic acids is 1. The third kappa shape index (κ3) is 5.04. The van der Waals surface area contributed by atoms with Crippen molar-refractivity contribution in [1.82, 2.24) is 15.5 Å². The Morgan fingerprint density at radius 2 is 2.24 bits per heavy atom. The van der Waals surface area contributed by atoms with E-state index in [1.54, 1.807) is 0 Å². The van der Waals surface area contributed by atoms with E-state index < -0.39 is 0 Å². The van der Waals surface area contributed by atoms with E-state index in [1.165, 1.54) is 12.8 Å². The third-order valence-corrected chi connectivity index (χ3v) is 3.72. The van der Waals surface area contributed by atoms with Crippen LogP contribution in [0.15, 0.2) is 0 Å². The highest BCUT2D eigenvalue weighted by Gasteiger charge is 2.21. The van der Waals surface area contributed by atoms with E-state index in [4.69, 9.17) is 0 Å². The van der Waals surface area contributed by atoms with Gasteiger partial charge in [0.2, 0.25) is 5.91 Å². The second kappa shape index (κ2) is 6.97. The van der Waals surface area contributed by atoms with Gasteiger partial charge in [-0.15, -0.1) is 0 Å². The minimum Gasteiger partial charge on any atom is -0.353 e. The Kier molecular flexibility index (Phi) is 5.92. The molecule has 4 heteroatoms. The monoisotopic (exact) mass is 241 g/mol. The number of nitrogens with zero attached hydrogens (tertiary/aromatic N) is 1. The summed E-state index contributed by atoms with van der Waals surface area (Å²) in [7, 11) is 1.98. The molecule has 1 saturated heterocycles. The van der Waals surface area contributed by atoms with Crippen molar-refractivity contribution in [3.8, 4) is 0 Å². The van der Waals surface area contributed by atoms with Crippen molar-refractivity contribution in [2.75, 3.05) is 26.7 Å². The molecule has 1 rings (SSSR count). The number of hydrogen-bond acceptors (Lipinski definition) is 3. The van der Waals surface area contributed by atoms with Crippen LogP contribution in [0.4, 0.5) is 0 Å². The van der Waals surface area contributed by atoms with Crippen LogP contribution in [0.3, 0.4) is 0 Å². The number of hydrogen-bond donors (Lipinski definition) is 2. The summed E-state index contributed by atoms with van der Waals surface area (Å²) < 4.78 is 0. The molecular weight excluding hydrogens is 214 g/mol. The van der Waals surface area contributed by atoms with Crippen molar-refractivity contribution in [1.29, 1.82) is 0 Å². The van der Waals surface area contributed by atoms with Gasteiger partial charge in [-0.3, -0.25) is 9.69 Å². The number of nitrogens with one attached hydrogen (secondary N) is 2. The zero-order valence-corrected chi connectivity index (χ0v) is 11.6. The van der Waals surface area contributed by atoms with Crippen molar-refractivity contribution >= 4 is 5.91 Å². The molecule has 0 radical (unpaired) electrons. The van der Waals surface area contributed by atoms with Crippen LogP contribution < -0.4 is 10.6 Å². The van der Waals surface area contributed by atoms with E-state index in [0.717, 1.165) is 13.1 Å². The Balaban J connectivity index is 2.23. The first-order chi connectivity index (χ1) is 8.00. The van der Waals surface area contributed by atoms with E-state index in [1.807, 2.05) is 11.9 Å². The molecule has 100 valence electrons. The number of likely N-dealkylation sites (N-methyl/N-ethyl adjacent to an activating group) is 1. The molecule has 0 bridgehead atoms. The lowest BCUT2D eigenvalue weighted by Gasteiger charge is -2.30. The lowest BCUT2D eigenvalue weighted by Crippen LogP contribution is -2.49. The second-order valence-electron chi connectivity index (χ2n) is 5.49. The Labute approximate surface area is 105 Å². The Bertz CT molecular complexity index is 243. The van der Waals surface area contributed by atoms with Crippen LogP contribution in [-0.4, -0.2) is 49.6 Å². The van der Waals surface area contributed by atoms with Gasteiger partial charge in [-0.05, 0) is 46.2 Å². The molecule has 0 aliphatic carbocycles. The molecular formula is C13H27N3O. The van der Waals surface area contributed by atoms with Crippen LogP contribution in [0.2, 0.25) is 0 Å². The van der Waals surface area contributed by atoms with Crippen LogP contribution in [0.5, 0.6) is 0 Å². The van der Waals surface area contributed by atoms with Crippen molar-refractivity contribution in [3.63, 3.8) is 0 Å². The van der Waals surface area contributed by atoms with Gasteiger partial charge in [0.15, 0.2) is 0 Å². The summed E-state index contributed by atoms with van der Waals surface area (Å²) >= 11 is 0. The minimum atomic E-state index is 0.126. The van der Waals surface area contributed by atoms with Gasteiger partial charge in [-0.2, -0.15) is 0 Å². The molecule has 0 spiro atoms. The van der Waals surface area contributed by atoms with Crippen molar-refractivity contribution in [3.05, 3.63) is 0 Å². The highest BCUT2D eigenvalue weighted by molar-refractivity contribution is 5.78. The molecule has 0 saturated carbocycles. The predicted molar refractivity (Wildman–Crippen MR) is 71.0 cm³/mol. The van der Waals surface area contributed by atoms with E-state index in [0.29, 0.717) is 24.5 Å². The van der Waals surface area contributed by atoms with Gasteiger partial charge in [0, 0.05) is 18.6 Å². The summed E-state index contributed by atoms with van der Waals surface area (Å²) in [4.78, 5) is 13.8. The van der Waals surface area contributed by atoms with Gasteiger partial charge in [-0.25, -0.2) is 0 Å². The first kappa shape index (κ1) is 14.5. The molecule has 1 aliphatic heterocycles. The quantitative estimate of drug-likeness (QED) is 0.749. The van der Waals surface area contributed by atoms with E-state index >= 15 is 0 Å². The number of piperidine rings is 1. The standard InChI is InChI=1S/C13H27N3O/c1-10(2)16(4)9-13(17)15-8-12-11(3)6-5-7-14-12/h10-12,14H,5-9H2,1-4H3,(H,15,17). The zero-order valence-electron chi connectivity index (χ0n) is 11.6. The van der Waals surface area contributed by atoms with Crippen LogP contribution in [0.1, 0.15) is 33.6 Å². The topological polar surface area (TPSA) is 44.4 Å². The number of carbonyl (C=O) groups is 1. The summed E-state index contributed by atoms with van der Waals surface area (Å²) in [6.45, 7) is 8.76. The fourth-order valence-corrected chi connectivity index (χ4v) is 2.08. The lowest BCUT2D eigenvalue weighted by molar-refractivity contribution is -0.122. The molecule has 2 unspecified atom stereocenters. The molecule has 1 heterocycles. The fraction of sp³-hybridized carbons (Fsp3) is 0.923. The van der Waals surface area contributed by atoms with Gasteiger partial charge < -0.3 is 10.6 Å². The van der Waals surface area contributed by atoms with E-state index in [-0.39, 0.29) is 5.91 Å². The SMILES string of the molecule is CC1CCCNC1CNC(=O)CN(C)C(C)C. The first-order valence-corrected chi connectivity index (χ1v) is 6.71. The molecule has 17 heavy (non-hydrogen) atoms. The molecule has 0 aromatic carbocycles. The van der Waals surface area contributed by atoms with Gasteiger partial charge >= 0.3 is 0 Å². The molecule has 1 amide bonds. The van der Waals surface area contributed by atoms with Gasteiger partial charge in [0.05, 0.1) is 6.54 Å². The molecule has 0 aromatic heterocycles. The Hall–Kier alpha value is -0.610. The lowest BCUT2D eigenvalue weighted by atomic mass is 9.93. The molecule has 4 nitrogen and oxygen atoms in total. The maximum atomic E-state index is 11.7. The average molecular weight is 241 g/mol. The average Bonchev–Trinajstić information content (AvgIpc) is 2.27. The van der Waals surface area contributed by atoms with Crippen molar-refractivity contribution in [2.24, 2.45) is 5.92 Å². The summed E-state index contributed by atoms with van der Waals surface area (Å²) in [6.07, 6.45) is 2.52.